The van der Waals surface area contributed by atoms with Crippen LogP contribution < -0.4 is 10.6 Å². The predicted molar refractivity (Wildman–Crippen MR) is 107 cm³/mol. The maximum Gasteiger partial charge on any atom is 0.259 e. The van der Waals surface area contributed by atoms with E-state index in [-0.39, 0.29) is 30.5 Å². The maximum atomic E-state index is 14.6. The van der Waals surface area contributed by atoms with Crippen molar-refractivity contribution in [1.29, 1.82) is 0 Å². The smallest absolute Gasteiger partial charge is 0.259 e. The molecule has 1 atom stereocenters. The molecule has 2 aliphatic rings. The molecule has 2 aliphatic heterocycles. The largest absolute Gasteiger partial charge is 0.385 e. The number of hydrogen-bond donors (Lipinski definition) is 3. The number of aliphatic hydroxyl groups is 1. The second-order valence-electron chi connectivity index (χ2n) is 8.16. The molecule has 0 bridgehead atoms. The van der Waals surface area contributed by atoms with E-state index in [0.29, 0.717) is 5.56 Å². The Morgan fingerprint density at radius 2 is 1.87 bits per heavy atom. The standard InChI is InChI=1S/C22H24F3N3O2/c1-13-5-7-16(15(24)10-13)27-17-8-6-14(23)20(25)19(17)21(29)28-11-22(30,12-28)18-4-2-3-9-26-18/h5-8,10,18,26-27,30H,2-4,9,11-12H2,1H3/t18-/m0/s1. The van der Waals surface area contributed by atoms with Crippen LogP contribution in [0.4, 0.5) is 24.5 Å². The average Bonchev–Trinajstić information content (AvgIpc) is 2.70. The molecule has 5 nitrogen and oxygen atoms in total. The lowest BCUT2D eigenvalue weighted by Gasteiger charge is -2.51. The van der Waals surface area contributed by atoms with E-state index in [2.05, 4.69) is 10.6 Å². The highest BCUT2D eigenvalue weighted by Crippen LogP contribution is 2.33. The monoisotopic (exact) mass is 419 g/mol. The molecular weight excluding hydrogens is 395 g/mol. The summed E-state index contributed by atoms with van der Waals surface area (Å²) in [4.78, 5) is 14.3. The summed E-state index contributed by atoms with van der Waals surface area (Å²) in [7, 11) is 0. The van der Waals surface area contributed by atoms with Crippen molar-refractivity contribution in [1.82, 2.24) is 10.2 Å². The lowest BCUT2D eigenvalue weighted by atomic mass is 9.81. The van der Waals surface area contributed by atoms with Gasteiger partial charge in [-0.3, -0.25) is 4.79 Å². The Hall–Kier alpha value is -2.58. The second-order valence-corrected chi connectivity index (χ2v) is 8.16. The van der Waals surface area contributed by atoms with Gasteiger partial charge in [-0.1, -0.05) is 12.5 Å². The summed E-state index contributed by atoms with van der Waals surface area (Å²) in [5, 5.41) is 16.8. The fraction of sp³-hybridized carbons (Fsp3) is 0.409. The zero-order valence-electron chi connectivity index (χ0n) is 16.6. The number of aryl methyl sites for hydroxylation is 1. The van der Waals surface area contributed by atoms with Gasteiger partial charge in [-0.2, -0.15) is 0 Å². The number of benzene rings is 2. The Balaban J connectivity index is 1.57. The number of nitrogens with one attached hydrogen (secondary N) is 2. The molecule has 0 spiro atoms. The van der Waals surface area contributed by atoms with Gasteiger partial charge in [0.15, 0.2) is 11.6 Å². The molecule has 0 aromatic heterocycles. The SMILES string of the molecule is Cc1ccc(Nc2ccc(F)c(F)c2C(=O)N2CC(O)([C@@H]3CCCCN3)C2)c(F)c1. The zero-order valence-corrected chi connectivity index (χ0v) is 16.6. The van der Waals surface area contributed by atoms with Crippen LogP contribution in [-0.2, 0) is 0 Å². The molecule has 2 aromatic rings. The average molecular weight is 419 g/mol. The Bertz CT molecular complexity index is 970. The van der Waals surface area contributed by atoms with Gasteiger partial charge in [0.2, 0.25) is 0 Å². The molecular formula is C22H24F3N3O2. The Morgan fingerprint density at radius 3 is 2.53 bits per heavy atom. The van der Waals surface area contributed by atoms with Crippen LogP contribution >= 0.6 is 0 Å². The van der Waals surface area contributed by atoms with E-state index in [9.17, 15) is 23.1 Å². The number of carbonyl (C=O) groups excluding carboxylic acids is 1. The van der Waals surface area contributed by atoms with E-state index in [1.807, 2.05) is 0 Å². The van der Waals surface area contributed by atoms with Crippen molar-refractivity contribution in [3.63, 3.8) is 0 Å². The van der Waals surface area contributed by atoms with Crippen LogP contribution in [0.5, 0.6) is 0 Å². The molecule has 2 aromatic carbocycles. The first kappa shape index (κ1) is 20.7. The van der Waals surface area contributed by atoms with E-state index in [4.69, 9.17) is 0 Å². The Morgan fingerprint density at radius 1 is 1.13 bits per heavy atom. The van der Waals surface area contributed by atoms with E-state index in [1.54, 1.807) is 13.0 Å². The lowest BCUT2D eigenvalue weighted by Crippen LogP contribution is -2.72. The van der Waals surface area contributed by atoms with Crippen LogP contribution in [0, 0.1) is 24.4 Å². The Labute approximate surface area is 172 Å². The van der Waals surface area contributed by atoms with Crippen molar-refractivity contribution in [2.24, 2.45) is 0 Å². The molecule has 3 N–H and O–H groups in total. The van der Waals surface area contributed by atoms with Crippen molar-refractivity contribution < 1.29 is 23.1 Å². The van der Waals surface area contributed by atoms with Crippen LogP contribution in [0.2, 0.25) is 0 Å². The topological polar surface area (TPSA) is 64.6 Å². The van der Waals surface area contributed by atoms with Gasteiger partial charge in [-0.15, -0.1) is 0 Å². The van der Waals surface area contributed by atoms with E-state index in [1.165, 1.54) is 23.1 Å². The number of hydrogen-bond acceptors (Lipinski definition) is 4. The molecule has 0 radical (unpaired) electrons. The first-order valence-corrected chi connectivity index (χ1v) is 10.0. The minimum Gasteiger partial charge on any atom is -0.385 e. The van der Waals surface area contributed by atoms with Crippen LogP contribution in [0.25, 0.3) is 0 Å². The summed E-state index contributed by atoms with van der Waals surface area (Å²) in [5.74, 6) is -3.79. The molecule has 30 heavy (non-hydrogen) atoms. The van der Waals surface area contributed by atoms with Gasteiger partial charge in [0.1, 0.15) is 17.0 Å². The van der Waals surface area contributed by atoms with Crippen molar-refractivity contribution in [2.45, 2.75) is 37.8 Å². The van der Waals surface area contributed by atoms with Crippen LogP contribution in [0.3, 0.4) is 0 Å². The van der Waals surface area contributed by atoms with Crippen LogP contribution in [0.15, 0.2) is 30.3 Å². The summed E-state index contributed by atoms with van der Waals surface area (Å²) < 4.78 is 42.8. The molecule has 160 valence electrons. The predicted octanol–water partition coefficient (Wildman–Crippen LogP) is 3.48. The highest BCUT2D eigenvalue weighted by molar-refractivity contribution is 6.01. The van der Waals surface area contributed by atoms with Crippen molar-refractivity contribution in [3.05, 3.63) is 58.9 Å². The van der Waals surface area contributed by atoms with E-state index in [0.717, 1.165) is 31.9 Å². The lowest BCUT2D eigenvalue weighted by molar-refractivity contribution is -0.108. The third-order valence-corrected chi connectivity index (χ3v) is 5.88. The molecule has 2 fully saturated rings. The van der Waals surface area contributed by atoms with E-state index >= 15 is 0 Å². The molecule has 0 aliphatic carbocycles. The second kappa shape index (κ2) is 7.92. The van der Waals surface area contributed by atoms with Gasteiger partial charge in [-0.05, 0) is 56.1 Å². The van der Waals surface area contributed by atoms with E-state index < -0.39 is 34.5 Å². The number of likely N-dealkylation sites (tertiary alicyclic amines) is 1. The van der Waals surface area contributed by atoms with Gasteiger partial charge < -0.3 is 20.6 Å². The zero-order chi connectivity index (χ0) is 21.5. The first-order valence-electron chi connectivity index (χ1n) is 10.0. The summed E-state index contributed by atoms with van der Waals surface area (Å²) in [6.45, 7) is 2.58. The molecule has 1 amide bonds. The summed E-state index contributed by atoms with van der Waals surface area (Å²) >= 11 is 0. The minimum atomic E-state index is -1.30. The highest BCUT2D eigenvalue weighted by atomic mass is 19.2. The summed E-state index contributed by atoms with van der Waals surface area (Å²) in [6, 6.07) is 6.40. The number of carbonyl (C=O) groups is 1. The van der Waals surface area contributed by atoms with Crippen LogP contribution in [-0.4, -0.2) is 47.2 Å². The van der Waals surface area contributed by atoms with Crippen molar-refractivity contribution in [2.75, 3.05) is 25.0 Å². The molecule has 0 unspecified atom stereocenters. The van der Waals surface area contributed by atoms with Gasteiger partial charge in [0.25, 0.3) is 5.91 Å². The molecule has 2 saturated heterocycles. The molecule has 4 rings (SSSR count). The molecule has 0 saturated carbocycles. The number of β-amino-alcohol motifs (C(OH)–C–C–N with tert-alkyl or cyclic N) is 1. The minimum absolute atomic E-state index is 0.0256. The van der Waals surface area contributed by atoms with Crippen molar-refractivity contribution in [3.8, 4) is 0 Å². The van der Waals surface area contributed by atoms with Gasteiger partial charge in [-0.25, -0.2) is 13.2 Å². The number of anilines is 2. The third-order valence-electron chi connectivity index (χ3n) is 5.88. The van der Waals surface area contributed by atoms with Gasteiger partial charge >= 0.3 is 0 Å². The summed E-state index contributed by atoms with van der Waals surface area (Å²) in [5.41, 5.74) is -0.874. The third kappa shape index (κ3) is 3.77. The normalized spacial score (nSPS) is 20.6. The highest BCUT2D eigenvalue weighted by Gasteiger charge is 2.50. The molecule has 8 heteroatoms. The number of piperidine rings is 1. The Kier molecular flexibility index (Phi) is 5.46. The maximum absolute atomic E-state index is 14.6. The molecule has 2 heterocycles. The quantitative estimate of drug-likeness (QED) is 0.710. The van der Waals surface area contributed by atoms with Gasteiger partial charge in [0.05, 0.1) is 24.5 Å². The van der Waals surface area contributed by atoms with Crippen molar-refractivity contribution >= 4 is 17.3 Å². The fourth-order valence-corrected chi connectivity index (χ4v) is 4.18. The van der Waals surface area contributed by atoms with Crippen LogP contribution in [0.1, 0.15) is 35.2 Å². The first-order chi connectivity index (χ1) is 14.3. The number of amides is 1. The number of nitrogens with zero attached hydrogens (tertiary/aromatic N) is 1. The van der Waals surface area contributed by atoms with Gasteiger partial charge in [0, 0.05) is 6.04 Å². The fourth-order valence-electron chi connectivity index (χ4n) is 4.18. The summed E-state index contributed by atoms with van der Waals surface area (Å²) in [6.07, 6.45) is 2.82. The number of halogens is 3. The number of rotatable bonds is 4.